The van der Waals surface area contributed by atoms with Gasteiger partial charge >= 0.3 is 0 Å². The zero-order valence-electron chi connectivity index (χ0n) is 20.9. The Morgan fingerprint density at radius 1 is 1.08 bits per heavy atom. The Hall–Kier alpha value is -3.70. The first-order chi connectivity index (χ1) is 18.2. The molecule has 3 aromatic heterocycles. The van der Waals surface area contributed by atoms with E-state index < -0.39 is 22.7 Å². The normalized spacial score (nSPS) is 24.6. The van der Waals surface area contributed by atoms with Crippen molar-refractivity contribution >= 4 is 0 Å². The van der Waals surface area contributed by atoms with E-state index in [1.165, 1.54) is 29.2 Å². The van der Waals surface area contributed by atoms with Gasteiger partial charge in [-0.25, -0.2) is 23.7 Å². The van der Waals surface area contributed by atoms with Crippen molar-refractivity contribution in [2.45, 2.75) is 50.0 Å². The van der Waals surface area contributed by atoms with Crippen LogP contribution in [0.1, 0.15) is 61.8 Å². The third-order valence-corrected chi connectivity index (χ3v) is 8.54. The number of nitrogens with zero attached hydrogens (tertiary/aromatic N) is 7. The van der Waals surface area contributed by atoms with Crippen LogP contribution in [-0.2, 0) is 15.8 Å². The smallest absolute Gasteiger partial charge is 0.252 e. The highest BCUT2D eigenvalue weighted by atomic mass is 19.1. The number of ether oxygens (including phenoxy) is 1. The maximum Gasteiger partial charge on any atom is 0.252 e. The molecule has 1 saturated heterocycles. The van der Waals surface area contributed by atoms with Crippen LogP contribution in [0.25, 0.3) is 17.2 Å². The number of rotatable bonds is 4. The lowest BCUT2D eigenvalue weighted by atomic mass is 9.47. The number of benzene rings is 1. The van der Waals surface area contributed by atoms with Crippen molar-refractivity contribution in [3.05, 3.63) is 77.3 Å². The zero-order valence-corrected chi connectivity index (χ0v) is 20.9. The number of aliphatic hydroxyl groups is 1. The number of fused-ring (bicyclic) bond motifs is 2. The van der Waals surface area contributed by atoms with Crippen LogP contribution < -0.4 is 0 Å². The largest absolute Gasteiger partial charge is 0.377 e. The lowest BCUT2D eigenvalue weighted by Gasteiger charge is -2.56. The SMILES string of the molecule is CC1(C)C[C@H]2CC[C@]1(c1ccnc(-n3cnc(C4(O)COC4)n3)n1)c1nnc(-c3c(F)cccc3F)cc12. The van der Waals surface area contributed by atoms with E-state index in [2.05, 4.69) is 39.1 Å². The molecule has 0 amide bonds. The van der Waals surface area contributed by atoms with Crippen molar-refractivity contribution in [3.63, 3.8) is 0 Å². The fraction of sp³-hybridized carbons (Fsp3) is 0.407. The van der Waals surface area contributed by atoms with Gasteiger partial charge in [0, 0.05) is 6.20 Å². The van der Waals surface area contributed by atoms with E-state index in [1.807, 2.05) is 6.07 Å². The van der Waals surface area contributed by atoms with Gasteiger partial charge in [0.15, 0.2) is 11.4 Å². The van der Waals surface area contributed by atoms with Crippen LogP contribution in [-0.4, -0.2) is 53.3 Å². The molecule has 38 heavy (non-hydrogen) atoms. The molecule has 4 aromatic rings. The van der Waals surface area contributed by atoms with Crippen LogP contribution in [0.2, 0.25) is 0 Å². The van der Waals surface area contributed by atoms with E-state index in [4.69, 9.17) is 9.72 Å². The summed E-state index contributed by atoms with van der Waals surface area (Å²) in [5.74, 6) is -0.543. The highest BCUT2D eigenvalue weighted by Gasteiger charge is 2.59. The average Bonchev–Trinajstić information content (AvgIpc) is 3.38. The molecule has 2 bridgehead atoms. The van der Waals surface area contributed by atoms with E-state index in [9.17, 15) is 13.9 Å². The van der Waals surface area contributed by atoms with E-state index >= 15 is 0 Å². The van der Waals surface area contributed by atoms with Gasteiger partial charge in [-0.1, -0.05) is 19.9 Å². The van der Waals surface area contributed by atoms with Gasteiger partial charge in [-0.2, -0.15) is 9.78 Å². The number of halogens is 2. The first-order valence-electron chi connectivity index (χ1n) is 12.6. The highest BCUT2D eigenvalue weighted by molar-refractivity contribution is 5.63. The molecule has 0 unspecified atom stereocenters. The third-order valence-electron chi connectivity index (χ3n) is 8.54. The molecule has 0 radical (unpaired) electrons. The van der Waals surface area contributed by atoms with Crippen molar-refractivity contribution in [1.82, 2.24) is 34.9 Å². The summed E-state index contributed by atoms with van der Waals surface area (Å²) in [6, 6.07) is 7.48. The summed E-state index contributed by atoms with van der Waals surface area (Å²) in [6.07, 6.45) is 5.72. The summed E-state index contributed by atoms with van der Waals surface area (Å²) < 4.78 is 35.7. The molecule has 3 aliphatic carbocycles. The van der Waals surface area contributed by atoms with Crippen molar-refractivity contribution in [1.29, 1.82) is 0 Å². The van der Waals surface area contributed by atoms with Gasteiger partial charge in [-0.15, -0.1) is 10.2 Å². The van der Waals surface area contributed by atoms with Gasteiger partial charge in [-0.3, -0.25) is 0 Å². The second kappa shape index (κ2) is 7.90. The van der Waals surface area contributed by atoms with Gasteiger partial charge in [-0.05, 0) is 60.4 Å². The minimum Gasteiger partial charge on any atom is -0.377 e. The molecular weight excluding hydrogens is 492 g/mol. The lowest BCUT2D eigenvalue weighted by molar-refractivity contribution is -0.189. The maximum absolute atomic E-state index is 14.6. The summed E-state index contributed by atoms with van der Waals surface area (Å²) >= 11 is 0. The van der Waals surface area contributed by atoms with Crippen LogP contribution in [0.4, 0.5) is 8.78 Å². The Morgan fingerprint density at radius 2 is 1.87 bits per heavy atom. The molecule has 1 aliphatic heterocycles. The summed E-state index contributed by atoms with van der Waals surface area (Å²) in [5, 5.41) is 23.9. The second-order valence-electron chi connectivity index (χ2n) is 11.1. The second-order valence-corrected chi connectivity index (χ2v) is 11.1. The topological polar surface area (TPSA) is 112 Å². The molecule has 194 valence electrons. The molecule has 1 aromatic carbocycles. The average molecular weight is 518 g/mol. The summed E-state index contributed by atoms with van der Waals surface area (Å²) in [7, 11) is 0. The molecule has 1 N–H and O–H groups in total. The number of hydrogen-bond donors (Lipinski definition) is 1. The molecule has 2 atom stereocenters. The first kappa shape index (κ1) is 23.4. The molecule has 2 fully saturated rings. The van der Waals surface area contributed by atoms with Crippen LogP contribution in [0.5, 0.6) is 0 Å². The lowest BCUT2D eigenvalue weighted by Crippen LogP contribution is -2.53. The van der Waals surface area contributed by atoms with Gasteiger partial charge < -0.3 is 9.84 Å². The fourth-order valence-corrected chi connectivity index (χ4v) is 6.53. The molecule has 0 spiro atoms. The Labute approximate surface area is 217 Å². The van der Waals surface area contributed by atoms with Crippen LogP contribution in [0.3, 0.4) is 0 Å². The van der Waals surface area contributed by atoms with Gasteiger partial charge in [0.05, 0.1) is 41.3 Å². The molecule has 11 heteroatoms. The van der Waals surface area contributed by atoms with Crippen LogP contribution in [0.15, 0.2) is 42.9 Å². The minimum atomic E-state index is -1.20. The molecule has 8 rings (SSSR count). The Morgan fingerprint density at radius 3 is 2.58 bits per heavy atom. The van der Waals surface area contributed by atoms with Crippen molar-refractivity contribution < 1.29 is 18.6 Å². The van der Waals surface area contributed by atoms with E-state index in [0.717, 1.165) is 36.2 Å². The molecule has 4 heterocycles. The highest BCUT2D eigenvalue weighted by Crippen LogP contribution is 2.63. The molecule has 4 aliphatic rings. The van der Waals surface area contributed by atoms with Crippen molar-refractivity contribution in [3.8, 4) is 17.2 Å². The quantitative estimate of drug-likeness (QED) is 0.437. The van der Waals surface area contributed by atoms with Gasteiger partial charge in [0.2, 0.25) is 0 Å². The van der Waals surface area contributed by atoms with Gasteiger partial charge in [0.25, 0.3) is 5.95 Å². The number of aromatic nitrogens is 7. The maximum atomic E-state index is 14.6. The van der Waals surface area contributed by atoms with Crippen LogP contribution >= 0.6 is 0 Å². The fourth-order valence-electron chi connectivity index (χ4n) is 6.53. The van der Waals surface area contributed by atoms with E-state index in [0.29, 0.717) is 5.95 Å². The van der Waals surface area contributed by atoms with E-state index in [1.54, 1.807) is 12.3 Å². The molecular formula is C27H25F2N7O2. The van der Waals surface area contributed by atoms with Crippen molar-refractivity contribution in [2.75, 3.05) is 13.2 Å². The molecule has 9 nitrogen and oxygen atoms in total. The summed E-state index contributed by atoms with van der Waals surface area (Å²) in [4.78, 5) is 13.6. The monoisotopic (exact) mass is 517 g/mol. The zero-order chi connectivity index (χ0) is 26.3. The minimum absolute atomic E-state index is 0.143. The predicted molar refractivity (Wildman–Crippen MR) is 130 cm³/mol. The van der Waals surface area contributed by atoms with E-state index in [-0.39, 0.29) is 41.6 Å². The van der Waals surface area contributed by atoms with Gasteiger partial charge in [0.1, 0.15) is 18.0 Å². The van der Waals surface area contributed by atoms with Crippen LogP contribution in [0, 0.1) is 17.0 Å². The summed E-state index contributed by atoms with van der Waals surface area (Å²) in [5.41, 5.74) is 0.536. The molecule has 1 saturated carbocycles. The standard InChI is InChI=1S/C27H25F2N7O2/c1-25(2)11-15-6-8-27(25,22-16(15)10-19(33-34-22)21-17(28)4-3-5-18(21)29)20-7-9-30-24(32-20)36-14-31-23(35-36)26(37)12-38-13-26/h3-5,7,9-10,14-15,37H,6,8,11-13H2,1-2H3/t15-,27+/m1/s1. The Bertz CT molecular complexity index is 1570. The summed E-state index contributed by atoms with van der Waals surface area (Å²) in [6.45, 7) is 4.70. The number of hydrogen-bond acceptors (Lipinski definition) is 8. The third kappa shape index (κ3) is 3.15. The predicted octanol–water partition coefficient (Wildman–Crippen LogP) is 3.60. The Balaban J connectivity index is 1.35. The first-order valence-corrected chi connectivity index (χ1v) is 12.6. The Kier molecular flexibility index (Phi) is 4.87. The van der Waals surface area contributed by atoms with Crippen molar-refractivity contribution in [2.24, 2.45) is 5.41 Å².